The molecule has 2 heterocycles. The van der Waals surface area contributed by atoms with Gasteiger partial charge in [-0.25, -0.2) is 9.59 Å². The molecule has 1 saturated heterocycles. The number of carbonyl (C=O) groups is 2. The maximum absolute atomic E-state index is 13.3. The molecule has 10 nitrogen and oxygen atoms in total. The van der Waals surface area contributed by atoms with Crippen LogP contribution in [0.25, 0.3) is 10.9 Å². The van der Waals surface area contributed by atoms with E-state index in [9.17, 15) is 19.2 Å². The summed E-state index contributed by atoms with van der Waals surface area (Å²) in [6.45, 7) is 5.14. The van der Waals surface area contributed by atoms with Crippen LogP contribution in [0, 0.1) is 17.2 Å². The molecule has 2 aliphatic rings. The number of amides is 3. The van der Waals surface area contributed by atoms with Gasteiger partial charge in [0.05, 0.1) is 22.5 Å². The smallest absolute Gasteiger partial charge is 0.331 e. The Labute approximate surface area is 225 Å². The van der Waals surface area contributed by atoms with E-state index >= 15 is 0 Å². The highest BCUT2D eigenvalue weighted by Gasteiger charge is 2.27. The van der Waals surface area contributed by atoms with Gasteiger partial charge in [0.1, 0.15) is 0 Å². The van der Waals surface area contributed by atoms with Crippen LogP contribution in [0.2, 0.25) is 0 Å². The van der Waals surface area contributed by atoms with Gasteiger partial charge in [0, 0.05) is 43.0 Å². The summed E-state index contributed by atoms with van der Waals surface area (Å²) in [5.41, 5.74) is 1.33. The number of nitrogens with zero attached hydrogens (tertiary/aromatic N) is 4. The molecule has 3 amide bonds. The second-order valence-electron chi connectivity index (χ2n) is 10.7. The molecular weight excluding hydrogens is 496 g/mol. The normalized spacial score (nSPS) is 17.2. The Morgan fingerprint density at radius 1 is 1.08 bits per heavy atom. The topological polar surface area (TPSA) is 129 Å². The number of carbonyl (C=O) groups excluding carboxylic acids is 2. The summed E-state index contributed by atoms with van der Waals surface area (Å²) >= 11 is 0. The summed E-state index contributed by atoms with van der Waals surface area (Å²) in [6, 6.07) is 12.9. The van der Waals surface area contributed by atoms with E-state index in [4.69, 9.17) is 5.26 Å². The van der Waals surface area contributed by atoms with E-state index < -0.39 is 0 Å². The fourth-order valence-corrected chi connectivity index (χ4v) is 5.13. The highest BCUT2D eigenvalue weighted by Crippen LogP contribution is 2.30. The summed E-state index contributed by atoms with van der Waals surface area (Å²) in [7, 11) is 0. The Balaban J connectivity index is 1.31. The minimum absolute atomic E-state index is 0.128. The Morgan fingerprint density at radius 2 is 1.82 bits per heavy atom. The molecular formula is C29H32N6O4. The van der Waals surface area contributed by atoms with Crippen LogP contribution in [0.15, 0.2) is 52.1 Å². The van der Waals surface area contributed by atoms with E-state index in [-0.39, 0.29) is 35.3 Å². The van der Waals surface area contributed by atoms with E-state index in [1.165, 1.54) is 4.57 Å². The van der Waals surface area contributed by atoms with Crippen molar-refractivity contribution in [1.29, 1.82) is 5.26 Å². The van der Waals surface area contributed by atoms with Crippen LogP contribution in [0.1, 0.15) is 61.5 Å². The van der Waals surface area contributed by atoms with E-state index in [0.29, 0.717) is 53.3 Å². The second-order valence-corrected chi connectivity index (χ2v) is 10.7. The van der Waals surface area contributed by atoms with Gasteiger partial charge in [-0.1, -0.05) is 0 Å². The standard InChI is InChI=1S/C29H32N6O4/c1-18(2)35-25-12-11-22(14-24(25)27(37)34(29(35)39)16-20-5-6-20)32-28(38)33-13-3-4-23(17-33)31-26(36)21-9-7-19(15-30)8-10-21/h7-12,14,18,20,23H,3-6,13,16-17H2,1-2H3,(H,31,36)(H,32,38). The second kappa shape index (κ2) is 10.8. The Bertz CT molecular complexity index is 1580. The van der Waals surface area contributed by atoms with Crippen molar-refractivity contribution in [3.8, 4) is 6.07 Å². The van der Waals surface area contributed by atoms with Crippen molar-refractivity contribution in [1.82, 2.24) is 19.4 Å². The minimum atomic E-state index is -0.335. The number of benzene rings is 2. The SMILES string of the molecule is CC(C)n1c(=O)n(CC2CC2)c(=O)c2cc(NC(=O)N3CCCC(NC(=O)c4ccc(C#N)cc4)C3)ccc21. The van der Waals surface area contributed by atoms with Crippen LogP contribution in [-0.2, 0) is 6.54 Å². The predicted octanol–water partition coefficient (Wildman–Crippen LogP) is 3.45. The maximum atomic E-state index is 13.3. The van der Waals surface area contributed by atoms with Crippen LogP contribution in [0.5, 0.6) is 0 Å². The number of nitriles is 1. The van der Waals surface area contributed by atoms with Crippen LogP contribution in [-0.4, -0.2) is 45.1 Å². The third kappa shape index (κ3) is 5.58. The number of fused-ring (bicyclic) bond motifs is 1. The lowest BCUT2D eigenvalue weighted by Crippen LogP contribution is -2.50. The number of anilines is 1. The Hall–Kier alpha value is -4.39. The van der Waals surface area contributed by atoms with Crippen LogP contribution in [0.3, 0.4) is 0 Å². The highest BCUT2D eigenvalue weighted by atomic mass is 16.2. The molecule has 0 radical (unpaired) electrons. The highest BCUT2D eigenvalue weighted by molar-refractivity contribution is 5.95. The lowest BCUT2D eigenvalue weighted by Gasteiger charge is -2.33. The van der Waals surface area contributed by atoms with Gasteiger partial charge in [-0.15, -0.1) is 0 Å². The first-order valence-corrected chi connectivity index (χ1v) is 13.4. The van der Waals surface area contributed by atoms with E-state index in [1.54, 1.807) is 51.9 Å². The van der Waals surface area contributed by atoms with Crippen molar-refractivity contribution in [2.24, 2.45) is 5.92 Å². The first-order valence-electron chi connectivity index (χ1n) is 13.4. The fraction of sp³-hybridized carbons (Fsp3) is 0.414. The van der Waals surface area contributed by atoms with Gasteiger partial charge >= 0.3 is 11.7 Å². The zero-order chi connectivity index (χ0) is 27.7. The number of piperidine rings is 1. The van der Waals surface area contributed by atoms with Crippen molar-refractivity contribution in [2.75, 3.05) is 18.4 Å². The van der Waals surface area contributed by atoms with Crippen LogP contribution in [0.4, 0.5) is 10.5 Å². The molecule has 2 aromatic carbocycles. The number of aromatic nitrogens is 2. The summed E-state index contributed by atoms with van der Waals surface area (Å²) in [5.74, 6) is 0.112. The van der Waals surface area contributed by atoms with Gasteiger partial charge in [0.25, 0.3) is 11.5 Å². The van der Waals surface area contributed by atoms with Crippen molar-refractivity contribution < 1.29 is 9.59 Å². The number of likely N-dealkylation sites (tertiary alicyclic amines) is 1. The molecule has 1 unspecified atom stereocenters. The number of urea groups is 1. The molecule has 1 aromatic heterocycles. The quantitative estimate of drug-likeness (QED) is 0.506. The van der Waals surface area contributed by atoms with Gasteiger partial charge in [-0.05, 0) is 87.9 Å². The average molecular weight is 529 g/mol. The molecule has 202 valence electrons. The molecule has 1 aliphatic carbocycles. The van der Waals surface area contributed by atoms with Gasteiger partial charge in [-0.2, -0.15) is 5.26 Å². The number of rotatable bonds is 6. The van der Waals surface area contributed by atoms with Crippen molar-refractivity contribution in [2.45, 2.75) is 58.2 Å². The molecule has 1 aliphatic heterocycles. The predicted molar refractivity (Wildman–Crippen MR) is 148 cm³/mol. The number of hydrogen-bond donors (Lipinski definition) is 2. The fourth-order valence-electron chi connectivity index (χ4n) is 5.13. The third-order valence-electron chi connectivity index (χ3n) is 7.39. The summed E-state index contributed by atoms with van der Waals surface area (Å²) in [6.07, 6.45) is 3.52. The Morgan fingerprint density at radius 3 is 2.49 bits per heavy atom. The van der Waals surface area contributed by atoms with E-state index in [0.717, 1.165) is 25.7 Å². The van der Waals surface area contributed by atoms with Gasteiger partial charge in [0.2, 0.25) is 0 Å². The molecule has 39 heavy (non-hydrogen) atoms. The first-order chi connectivity index (χ1) is 18.7. The lowest BCUT2D eigenvalue weighted by atomic mass is 10.0. The molecule has 2 fully saturated rings. The van der Waals surface area contributed by atoms with Gasteiger partial charge in [0.15, 0.2) is 0 Å². The van der Waals surface area contributed by atoms with Crippen molar-refractivity contribution >= 4 is 28.5 Å². The molecule has 10 heteroatoms. The first kappa shape index (κ1) is 26.2. The van der Waals surface area contributed by atoms with Gasteiger partial charge in [-0.3, -0.25) is 18.7 Å². The van der Waals surface area contributed by atoms with Crippen LogP contribution < -0.4 is 21.9 Å². The van der Waals surface area contributed by atoms with E-state index in [2.05, 4.69) is 10.6 Å². The number of hydrogen-bond acceptors (Lipinski definition) is 5. The maximum Gasteiger partial charge on any atom is 0.331 e. The van der Waals surface area contributed by atoms with Crippen LogP contribution >= 0.6 is 0 Å². The van der Waals surface area contributed by atoms with E-state index in [1.807, 2.05) is 19.9 Å². The molecule has 0 bridgehead atoms. The Kier molecular flexibility index (Phi) is 7.24. The summed E-state index contributed by atoms with van der Waals surface area (Å²) in [5, 5.41) is 15.2. The molecule has 1 saturated carbocycles. The van der Waals surface area contributed by atoms with Gasteiger partial charge < -0.3 is 15.5 Å². The lowest BCUT2D eigenvalue weighted by molar-refractivity contribution is 0.0913. The van der Waals surface area contributed by atoms with Crippen molar-refractivity contribution in [3.63, 3.8) is 0 Å². The molecule has 5 rings (SSSR count). The average Bonchev–Trinajstić information content (AvgIpc) is 3.76. The number of nitrogens with one attached hydrogen (secondary N) is 2. The van der Waals surface area contributed by atoms with Crippen molar-refractivity contribution in [3.05, 3.63) is 74.4 Å². The zero-order valence-corrected chi connectivity index (χ0v) is 22.1. The molecule has 1 atom stereocenters. The summed E-state index contributed by atoms with van der Waals surface area (Å²) in [4.78, 5) is 53.9. The largest absolute Gasteiger partial charge is 0.348 e. The molecule has 0 spiro atoms. The monoisotopic (exact) mass is 528 g/mol. The molecule has 3 aromatic rings. The summed E-state index contributed by atoms with van der Waals surface area (Å²) < 4.78 is 2.97. The molecule has 2 N–H and O–H groups in total. The third-order valence-corrected chi connectivity index (χ3v) is 7.39. The zero-order valence-electron chi connectivity index (χ0n) is 22.1. The minimum Gasteiger partial charge on any atom is -0.348 e.